The van der Waals surface area contributed by atoms with Crippen molar-refractivity contribution in [1.29, 1.82) is 0 Å². The zero-order valence-corrected chi connectivity index (χ0v) is 44.1. The molecule has 2 heterocycles. The summed E-state index contributed by atoms with van der Waals surface area (Å²) in [5.74, 6) is 0.794. The van der Waals surface area contributed by atoms with Crippen molar-refractivity contribution in [3.63, 3.8) is 0 Å². The molecule has 2 aromatic heterocycles. The largest absolute Gasteiger partial charge is 0.507 e. The maximum absolute atomic E-state index is 12.9. The Morgan fingerprint density at radius 1 is 0.351 bits per heavy atom. The van der Waals surface area contributed by atoms with Gasteiger partial charge in [0.2, 0.25) is 0 Å². The van der Waals surface area contributed by atoms with Crippen LogP contribution in [0.4, 0.5) is 0 Å². The number of nitrogens with zero attached hydrogens (tertiary/aromatic N) is 3. The van der Waals surface area contributed by atoms with E-state index in [1.165, 1.54) is 16.7 Å². The van der Waals surface area contributed by atoms with Gasteiger partial charge in [-0.25, -0.2) is 4.98 Å². The van der Waals surface area contributed by atoms with Crippen LogP contribution in [-0.2, 0) is 10.8 Å². The Morgan fingerprint density at radius 2 is 0.857 bits per heavy atom. The maximum Gasteiger partial charge on any atom is 0.149 e. The lowest BCUT2D eigenvalue weighted by Gasteiger charge is -2.26. The first-order valence-electron chi connectivity index (χ1n) is 26.5. The van der Waals surface area contributed by atoms with Gasteiger partial charge in [0.25, 0.3) is 0 Å². The third-order valence-electron chi connectivity index (χ3n) is 15.3. The van der Waals surface area contributed by atoms with Crippen molar-refractivity contribution >= 4 is 11.0 Å². The number of benzene rings is 10. The predicted octanol–water partition coefficient (Wildman–Crippen LogP) is 19.1. The van der Waals surface area contributed by atoms with E-state index in [2.05, 4.69) is 270 Å². The van der Waals surface area contributed by atoms with Crippen molar-refractivity contribution in [1.82, 2.24) is 14.5 Å². The van der Waals surface area contributed by atoms with Gasteiger partial charge in [-0.3, -0.25) is 9.55 Å². The van der Waals surface area contributed by atoms with Crippen molar-refractivity contribution in [3.05, 3.63) is 278 Å². The quantitative estimate of drug-likeness (QED) is 0.140. The van der Waals surface area contributed by atoms with E-state index in [0.717, 1.165) is 94.7 Å². The molecule has 0 fully saturated rings. The predicted molar refractivity (Wildman–Crippen MR) is 321 cm³/mol. The van der Waals surface area contributed by atoms with Gasteiger partial charge in [0.05, 0.1) is 28.0 Å². The Hall–Kier alpha value is -9.38. The first-order chi connectivity index (χ1) is 37.5. The molecule has 1 N–H and O–H groups in total. The molecule has 0 amide bonds. The molecule has 372 valence electrons. The number of phenolic OH excluding ortho intramolecular Hbond substituents is 1. The van der Waals surface area contributed by atoms with Crippen LogP contribution in [0, 0.1) is 0 Å². The first kappa shape index (κ1) is 48.6. The highest BCUT2D eigenvalue weighted by Crippen LogP contribution is 2.46. The standard InChI is InChI=1S/C73H59N3O/c1-72(2,3)61-38-39-67(63(48-61)52-26-15-8-16-27-52)76-68-33-21-32-62(69(68)75-71(76)65-46-56(50-24-13-7-14-25-50)45-64(70(65)77)53-28-17-9-18-29-53)57-42-55(49-22-11-6-12-23-49)43-58(44-57)66-47-54(40-41-74-66)51-34-36-60(37-35-51)73(4,5)59-30-19-10-20-31-59/h6-48,77H,1-5H3. The summed E-state index contributed by atoms with van der Waals surface area (Å²) in [5, 5.41) is 12.9. The molecule has 0 aliphatic rings. The van der Waals surface area contributed by atoms with Crippen LogP contribution < -0.4 is 0 Å². The van der Waals surface area contributed by atoms with Crippen molar-refractivity contribution in [2.75, 3.05) is 0 Å². The van der Waals surface area contributed by atoms with E-state index in [0.29, 0.717) is 11.4 Å². The zero-order chi connectivity index (χ0) is 52.7. The second-order valence-corrected chi connectivity index (χ2v) is 21.6. The minimum Gasteiger partial charge on any atom is -0.507 e. The van der Waals surface area contributed by atoms with Crippen molar-refractivity contribution < 1.29 is 5.11 Å². The summed E-state index contributed by atoms with van der Waals surface area (Å²) in [6.07, 6.45) is 1.92. The van der Waals surface area contributed by atoms with Crippen LogP contribution in [0.3, 0.4) is 0 Å². The van der Waals surface area contributed by atoms with Crippen LogP contribution in [0.5, 0.6) is 5.75 Å². The number of fused-ring (bicyclic) bond motifs is 1. The smallest absolute Gasteiger partial charge is 0.149 e. The monoisotopic (exact) mass is 993 g/mol. The van der Waals surface area contributed by atoms with Crippen LogP contribution in [0.2, 0.25) is 0 Å². The third-order valence-corrected chi connectivity index (χ3v) is 15.3. The van der Waals surface area contributed by atoms with Gasteiger partial charge in [0, 0.05) is 33.9 Å². The van der Waals surface area contributed by atoms with E-state index in [1.807, 2.05) is 30.5 Å². The molecule has 77 heavy (non-hydrogen) atoms. The summed E-state index contributed by atoms with van der Waals surface area (Å²) in [4.78, 5) is 10.8. The highest BCUT2D eigenvalue weighted by molar-refractivity contribution is 5.99. The van der Waals surface area contributed by atoms with Gasteiger partial charge in [-0.2, -0.15) is 0 Å². The van der Waals surface area contributed by atoms with E-state index < -0.39 is 0 Å². The number of hydrogen-bond donors (Lipinski definition) is 1. The number of para-hydroxylation sites is 1. The average Bonchev–Trinajstić information content (AvgIpc) is 3.87. The van der Waals surface area contributed by atoms with Gasteiger partial charge >= 0.3 is 0 Å². The normalized spacial score (nSPS) is 11.8. The molecule has 12 aromatic rings. The Labute approximate surface area is 452 Å². The first-order valence-corrected chi connectivity index (χ1v) is 26.5. The fraction of sp³-hybridized carbons (Fsp3) is 0.0959. The molecule has 0 saturated carbocycles. The van der Waals surface area contributed by atoms with Gasteiger partial charge in [-0.15, -0.1) is 0 Å². The summed E-state index contributed by atoms with van der Waals surface area (Å²) in [7, 11) is 0. The molecule has 0 bridgehead atoms. The summed E-state index contributed by atoms with van der Waals surface area (Å²) < 4.78 is 2.27. The lowest BCUT2D eigenvalue weighted by molar-refractivity contribution is 0.479. The lowest BCUT2D eigenvalue weighted by atomic mass is 9.78. The van der Waals surface area contributed by atoms with Gasteiger partial charge in [0.1, 0.15) is 11.6 Å². The van der Waals surface area contributed by atoms with Gasteiger partial charge < -0.3 is 5.11 Å². The minimum absolute atomic E-state index is 0.109. The van der Waals surface area contributed by atoms with E-state index in [4.69, 9.17) is 9.97 Å². The molecule has 0 radical (unpaired) electrons. The molecular weight excluding hydrogens is 935 g/mol. The molecule has 0 saturated heterocycles. The lowest BCUT2D eigenvalue weighted by Crippen LogP contribution is -2.18. The fourth-order valence-corrected chi connectivity index (χ4v) is 10.8. The summed E-state index contributed by atoms with van der Waals surface area (Å²) in [6.45, 7) is 11.3. The molecule has 4 nitrogen and oxygen atoms in total. The average molecular weight is 994 g/mol. The van der Waals surface area contributed by atoms with Gasteiger partial charge in [-0.05, 0) is 133 Å². The van der Waals surface area contributed by atoms with E-state index in [9.17, 15) is 5.11 Å². The Bertz CT molecular complexity index is 4060. The minimum atomic E-state index is -0.143. The van der Waals surface area contributed by atoms with Crippen LogP contribution in [0.25, 0.3) is 106 Å². The second-order valence-electron chi connectivity index (χ2n) is 21.6. The molecular formula is C73H59N3O. The molecule has 0 atom stereocenters. The Morgan fingerprint density at radius 3 is 1.48 bits per heavy atom. The second kappa shape index (κ2) is 20.0. The van der Waals surface area contributed by atoms with Crippen molar-refractivity contribution in [2.45, 2.75) is 45.4 Å². The number of aromatic hydroxyl groups is 1. The van der Waals surface area contributed by atoms with E-state index >= 15 is 0 Å². The summed E-state index contributed by atoms with van der Waals surface area (Å²) in [6, 6.07) is 90.0. The van der Waals surface area contributed by atoms with E-state index in [-0.39, 0.29) is 16.6 Å². The van der Waals surface area contributed by atoms with Crippen LogP contribution in [0.1, 0.15) is 51.3 Å². The summed E-state index contributed by atoms with van der Waals surface area (Å²) in [5.41, 5.74) is 20.9. The Balaban J connectivity index is 1.08. The van der Waals surface area contributed by atoms with Crippen LogP contribution in [-0.4, -0.2) is 19.6 Å². The zero-order valence-electron chi connectivity index (χ0n) is 44.1. The molecule has 0 aliphatic carbocycles. The molecule has 10 aromatic carbocycles. The van der Waals surface area contributed by atoms with Crippen LogP contribution >= 0.6 is 0 Å². The number of hydrogen-bond acceptors (Lipinski definition) is 3. The Kier molecular flexibility index (Phi) is 12.6. The fourth-order valence-electron chi connectivity index (χ4n) is 10.8. The number of rotatable bonds is 11. The van der Waals surface area contributed by atoms with Crippen LogP contribution in [0.15, 0.2) is 261 Å². The third kappa shape index (κ3) is 9.45. The summed E-state index contributed by atoms with van der Waals surface area (Å²) >= 11 is 0. The molecule has 0 spiro atoms. The highest BCUT2D eigenvalue weighted by Gasteiger charge is 2.27. The van der Waals surface area contributed by atoms with Gasteiger partial charge in [-0.1, -0.05) is 229 Å². The molecule has 0 unspecified atom stereocenters. The van der Waals surface area contributed by atoms with E-state index in [1.54, 1.807) is 0 Å². The molecule has 12 rings (SSSR count). The van der Waals surface area contributed by atoms with Crippen molar-refractivity contribution in [2.24, 2.45) is 0 Å². The molecule has 4 heteroatoms. The highest BCUT2D eigenvalue weighted by atomic mass is 16.3. The number of imidazole rings is 1. The number of phenols is 1. The number of pyridine rings is 1. The topological polar surface area (TPSA) is 50.9 Å². The molecule has 0 aliphatic heterocycles. The van der Waals surface area contributed by atoms with Gasteiger partial charge in [0.15, 0.2) is 0 Å². The maximum atomic E-state index is 12.9. The SMILES string of the molecule is CC(C)(C)c1ccc(-n2c(-c3cc(-c4ccccc4)cc(-c4ccccc4)c3O)nc3c(-c4cc(-c5ccccc5)cc(-c5cc(-c6ccc(C(C)(C)c7ccccc7)cc6)ccn5)c4)cccc32)c(-c2ccccc2)c1. The number of aromatic nitrogens is 3. The van der Waals surface area contributed by atoms with Crippen molar-refractivity contribution in [3.8, 4) is 101 Å².